The van der Waals surface area contributed by atoms with Gasteiger partial charge in [-0.05, 0) is 25.5 Å². The first-order chi connectivity index (χ1) is 5.68. The summed E-state index contributed by atoms with van der Waals surface area (Å²) in [7, 11) is 0. The number of pyridine rings is 1. The lowest BCUT2D eigenvalue weighted by molar-refractivity contribution is 0.628. The van der Waals surface area contributed by atoms with Gasteiger partial charge < -0.3 is 4.40 Å². The Morgan fingerprint density at radius 3 is 2.92 bits per heavy atom. The lowest BCUT2D eigenvalue weighted by Gasteiger charge is -1.98. The number of imidazole rings is 1. The second-order valence-corrected chi connectivity index (χ2v) is 2.96. The fourth-order valence-electron chi connectivity index (χ4n) is 1.29. The van der Waals surface area contributed by atoms with E-state index < -0.39 is 0 Å². The Balaban J connectivity index is 2.92. The molecule has 2 aromatic rings. The third-order valence-electron chi connectivity index (χ3n) is 1.88. The zero-order chi connectivity index (χ0) is 8.72. The van der Waals surface area contributed by atoms with Crippen molar-refractivity contribution in [2.45, 2.75) is 13.8 Å². The first-order valence-corrected chi connectivity index (χ1v) is 3.78. The number of hydrogen-bond donors (Lipinski definition) is 0. The molecule has 0 saturated heterocycles. The van der Waals surface area contributed by atoms with Gasteiger partial charge >= 0.3 is 0 Å². The van der Waals surface area contributed by atoms with Crippen LogP contribution in [0.25, 0.3) is 5.65 Å². The molecule has 2 rings (SSSR count). The number of fused-ring (bicyclic) bond motifs is 1. The molecule has 12 heavy (non-hydrogen) atoms. The van der Waals surface area contributed by atoms with Crippen LogP contribution in [-0.4, -0.2) is 9.38 Å². The van der Waals surface area contributed by atoms with Gasteiger partial charge in [-0.3, -0.25) is 0 Å². The molecule has 0 aliphatic rings. The SMILES string of the molecule is Cc1cc(F)c2ncc(C)n2c1. The van der Waals surface area contributed by atoms with E-state index in [4.69, 9.17) is 0 Å². The Morgan fingerprint density at radius 1 is 1.42 bits per heavy atom. The highest BCUT2D eigenvalue weighted by molar-refractivity contribution is 5.43. The summed E-state index contributed by atoms with van der Waals surface area (Å²) >= 11 is 0. The number of halogens is 1. The van der Waals surface area contributed by atoms with Crippen LogP contribution in [0.1, 0.15) is 11.3 Å². The minimum atomic E-state index is -0.261. The highest BCUT2D eigenvalue weighted by atomic mass is 19.1. The first kappa shape index (κ1) is 7.28. The summed E-state index contributed by atoms with van der Waals surface area (Å²) in [5, 5.41) is 0. The summed E-state index contributed by atoms with van der Waals surface area (Å²) in [4.78, 5) is 3.95. The van der Waals surface area contributed by atoms with E-state index in [1.54, 1.807) is 10.6 Å². The van der Waals surface area contributed by atoms with Crippen LogP contribution in [0.2, 0.25) is 0 Å². The molecule has 0 amide bonds. The monoisotopic (exact) mass is 164 g/mol. The van der Waals surface area contributed by atoms with Crippen molar-refractivity contribution < 1.29 is 4.39 Å². The van der Waals surface area contributed by atoms with Crippen molar-refractivity contribution >= 4 is 5.65 Å². The number of rotatable bonds is 0. The van der Waals surface area contributed by atoms with Crippen LogP contribution < -0.4 is 0 Å². The second-order valence-electron chi connectivity index (χ2n) is 2.96. The summed E-state index contributed by atoms with van der Waals surface area (Å²) in [5.41, 5.74) is 2.26. The van der Waals surface area contributed by atoms with E-state index in [9.17, 15) is 4.39 Å². The number of nitrogens with zero attached hydrogens (tertiary/aromatic N) is 2. The van der Waals surface area contributed by atoms with E-state index in [-0.39, 0.29) is 5.82 Å². The van der Waals surface area contributed by atoms with Crippen LogP contribution in [0, 0.1) is 19.7 Å². The third-order valence-corrected chi connectivity index (χ3v) is 1.88. The van der Waals surface area contributed by atoms with Gasteiger partial charge in [0.1, 0.15) is 0 Å². The van der Waals surface area contributed by atoms with Crippen LogP contribution in [0.15, 0.2) is 18.5 Å². The molecule has 2 aromatic heterocycles. The topological polar surface area (TPSA) is 17.3 Å². The van der Waals surface area contributed by atoms with Crippen molar-refractivity contribution in [3.63, 3.8) is 0 Å². The summed E-state index contributed by atoms with van der Waals surface area (Å²) in [5.74, 6) is -0.261. The van der Waals surface area contributed by atoms with Crippen molar-refractivity contribution in [1.82, 2.24) is 9.38 Å². The Morgan fingerprint density at radius 2 is 2.17 bits per heavy atom. The zero-order valence-electron chi connectivity index (χ0n) is 7.00. The fourth-order valence-corrected chi connectivity index (χ4v) is 1.29. The van der Waals surface area contributed by atoms with Gasteiger partial charge in [0.2, 0.25) is 0 Å². The van der Waals surface area contributed by atoms with Crippen molar-refractivity contribution in [3.05, 3.63) is 35.5 Å². The molecule has 0 saturated carbocycles. The van der Waals surface area contributed by atoms with Gasteiger partial charge in [0.25, 0.3) is 0 Å². The van der Waals surface area contributed by atoms with E-state index in [1.807, 2.05) is 20.0 Å². The Kier molecular flexibility index (Phi) is 1.40. The molecule has 0 unspecified atom stereocenters. The maximum Gasteiger partial charge on any atom is 0.173 e. The number of aromatic nitrogens is 2. The maximum absolute atomic E-state index is 13.2. The van der Waals surface area contributed by atoms with Crippen molar-refractivity contribution in [1.29, 1.82) is 0 Å². The van der Waals surface area contributed by atoms with Gasteiger partial charge in [-0.15, -0.1) is 0 Å². The second kappa shape index (κ2) is 2.30. The highest BCUT2D eigenvalue weighted by Crippen LogP contribution is 2.11. The molecule has 0 aliphatic carbocycles. The molecule has 0 N–H and O–H groups in total. The van der Waals surface area contributed by atoms with E-state index in [0.717, 1.165) is 11.3 Å². The van der Waals surface area contributed by atoms with E-state index in [1.165, 1.54) is 6.07 Å². The van der Waals surface area contributed by atoms with Gasteiger partial charge in [-0.1, -0.05) is 0 Å². The van der Waals surface area contributed by atoms with Crippen LogP contribution >= 0.6 is 0 Å². The molecule has 0 aromatic carbocycles. The van der Waals surface area contributed by atoms with E-state index in [0.29, 0.717) is 5.65 Å². The Hall–Kier alpha value is -1.38. The minimum Gasteiger partial charge on any atom is -0.302 e. The van der Waals surface area contributed by atoms with Crippen LogP contribution in [0.3, 0.4) is 0 Å². The van der Waals surface area contributed by atoms with Crippen molar-refractivity contribution in [2.24, 2.45) is 0 Å². The molecule has 0 bridgehead atoms. The molecule has 2 nitrogen and oxygen atoms in total. The van der Waals surface area contributed by atoms with Gasteiger partial charge in [-0.2, -0.15) is 0 Å². The van der Waals surface area contributed by atoms with Gasteiger partial charge in [0.15, 0.2) is 11.5 Å². The van der Waals surface area contributed by atoms with E-state index in [2.05, 4.69) is 4.98 Å². The Labute approximate surface area is 69.7 Å². The average Bonchev–Trinajstić information content (AvgIpc) is 2.33. The van der Waals surface area contributed by atoms with Gasteiger partial charge in [0.05, 0.1) is 0 Å². The third kappa shape index (κ3) is 0.897. The summed E-state index contributed by atoms with van der Waals surface area (Å²) in [6.45, 7) is 3.76. The van der Waals surface area contributed by atoms with Crippen molar-refractivity contribution in [2.75, 3.05) is 0 Å². The summed E-state index contributed by atoms with van der Waals surface area (Å²) < 4.78 is 14.9. The largest absolute Gasteiger partial charge is 0.302 e. The normalized spacial score (nSPS) is 10.9. The maximum atomic E-state index is 13.2. The molecular weight excluding hydrogens is 155 g/mol. The molecule has 0 atom stereocenters. The minimum absolute atomic E-state index is 0.261. The molecular formula is C9H9FN2. The summed E-state index contributed by atoms with van der Waals surface area (Å²) in [6, 6.07) is 1.49. The van der Waals surface area contributed by atoms with Crippen LogP contribution in [-0.2, 0) is 0 Å². The van der Waals surface area contributed by atoms with Crippen LogP contribution in [0.5, 0.6) is 0 Å². The van der Waals surface area contributed by atoms with E-state index >= 15 is 0 Å². The zero-order valence-corrected chi connectivity index (χ0v) is 7.00. The molecule has 0 aliphatic heterocycles. The standard InChI is InChI=1S/C9H9FN2/c1-6-3-8(10)9-11-4-7(2)12(9)5-6/h3-5H,1-2H3. The molecule has 0 spiro atoms. The lowest BCUT2D eigenvalue weighted by atomic mass is 10.3. The molecule has 3 heteroatoms. The smallest absolute Gasteiger partial charge is 0.173 e. The Bertz CT molecular complexity index is 431. The number of hydrogen-bond acceptors (Lipinski definition) is 1. The predicted octanol–water partition coefficient (Wildman–Crippen LogP) is 2.09. The molecule has 62 valence electrons. The molecule has 0 fully saturated rings. The first-order valence-electron chi connectivity index (χ1n) is 3.78. The van der Waals surface area contributed by atoms with Gasteiger partial charge in [0, 0.05) is 18.1 Å². The van der Waals surface area contributed by atoms with Crippen LogP contribution in [0.4, 0.5) is 4.39 Å². The lowest BCUT2D eigenvalue weighted by Crippen LogP contribution is -1.91. The number of aryl methyl sites for hydroxylation is 2. The molecule has 2 heterocycles. The molecule has 0 radical (unpaired) electrons. The average molecular weight is 164 g/mol. The fraction of sp³-hybridized carbons (Fsp3) is 0.222. The highest BCUT2D eigenvalue weighted by Gasteiger charge is 2.04. The van der Waals surface area contributed by atoms with Gasteiger partial charge in [-0.25, -0.2) is 9.37 Å². The van der Waals surface area contributed by atoms with Crippen molar-refractivity contribution in [3.8, 4) is 0 Å². The quantitative estimate of drug-likeness (QED) is 0.582. The predicted molar refractivity (Wildman–Crippen MR) is 44.6 cm³/mol. The summed E-state index contributed by atoms with van der Waals surface area (Å²) in [6.07, 6.45) is 3.54.